The number of benzene rings is 1. The quantitative estimate of drug-likeness (QED) is 0.559. The summed E-state index contributed by atoms with van der Waals surface area (Å²) in [4.78, 5) is 12.4. The third-order valence-electron chi connectivity index (χ3n) is 3.16. The molecule has 0 heterocycles. The first kappa shape index (κ1) is 12.3. The second-order valence-corrected chi connectivity index (χ2v) is 6.80. The zero-order valence-electron chi connectivity index (χ0n) is 9.01. The molecule has 0 bridgehead atoms. The summed E-state index contributed by atoms with van der Waals surface area (Å²) in [6.07, 6.45) is 5.46. The molecule has 1 aromatic rings. The molecule has 2 rings (SSSR count). The van der Waals surface area contributed by atoms with Crippen molar-refractivity contribution < 1.29 is 4.79 Å². The minimum atomic E-state index is -0.306. The highest BCUT2D eigenvalue weighted by Crippen LogP contribution is 2.38. The van der Waals surface area contributed by atoms with Crippen molar-refractivity contribution >= 4 is 37.6 Å². The number of halogens is 2. The molecular weight excluding hydrogens is 332 g/mol. The highest BCUT2D eigenvalue weighted by Gasteiger charge is 2.36. The maximum Gasteiger partial charge on any atom is 0.179 e. The van der Waals surface area contributed by atoms with Gasteiger partial charge in [0, 0.05) is 10.0 Å². The fraction of sp³-hybridized carbons (Fsp3) is 0.462. The van der Waals surface area contributed by atoms with Crippen molar-refractivity contribution in [2.24, 2.45) is 0 Å². The number of hydrogen-bond donors (Lipinski definition) is 0. The second-order valence-electron chi connectivity index (χ2n) is 4.36. The maximum absolute atomic E-state index is 12.4. The normalized spacial score (nSPS) is 19.4. The van der Waals surface area contributed by atoms with Crippen LogP contribution in [0.25, 0.3) is 0 Å². The van der Waals surface area contributed by atoms with Crippen LogP contribution in [0, 0.1) is 0 Å². The molecule has 0 unspecified atom stereocenters. The third-order valence-corrected chi connectivity index (χ3v) is 4.84. The first-order valence-electron chi connectivity index (χ1n) is 5.61. The molecule has 1 aliphatic carbocycles. The number of alkyl halides is 1. The highest BCUT2D eigenvalue weighted by molar-refractivity contribution is 9.10. The molecule has 1 nitrogen and oxygen atoms in total. The molecule has 0 radical (unpaired) electrons. The summed E-state index contributed by atoms with van der Waals surface area (Å²) < 4.78 is 0.704. The number of Topliss-reactive ketones (excluding diaryl/α,β-unsaturated/α-hetero) is 1. The molecule has 1 aromatic carbocycles. The number of carbonyl (C=O) groups is 1. The van der Waals surface area contributed by atoms with E-state index in [0.29, 0.717) is 0 Å². The van der Waals surface area contributed by atoms with Gasteiger partial charge in [-0.15, -0.1) is 0 Å². The summed E-state index contributed by atoms with van der Waals surface area (Å²) in [7, 11) is 0. The fourth-order valence-electron chi connectivity index (χ4n) is 2.20. The molecule has 0 spiro atoms. The van der Waals surface area contributed by atoms with Crippen LogP contribution in [0.5, 0.6) is 0 Å². The predicted octanol–water partition coefficient (Wildman–Crippen LogP) is 4.73. The van der Waals surface area contributed by atoms with Gasteiger partial charge in [0.2, 0.25) is 0 Å². The van der Waals surface area contributed by atoms with Gasteiger partial charge in [-0.1, -0.05) is 63.3 Å². The van der Waals surface area contributed by atoms with Crippen molar-refractivity contribution in [1.82, 2.24) is 0 Å². The zero-order chi connectivity index (χ0) is 11.6. The molecule has 1 aliphatic rings. The number of ketones is 1. The van der Waals surface area contributed by atoms with Crippen molar-refractivity contribution in [2.45, 2.75) is 36.4 Å². The Kier molecular flexibility index (Phi) is 3.85. The Hall–Kier alpha value is -0.150. The van der Waals surface area contributed by atoms with Crippen LogP contribution in [0.3, 0.4) is 0 Å². The molecule has 16 heavy (non-hydrogen) atoms. The average molecular weight is 346 g/mol. The van der Waals surface area contributed by atoms with Crippen LogP contribution in [-0.2, 0) is 0 Å². The summed E-state index contributed by atoms with van der Waals surface area (Å²) in [5.74, 6) is 0.236. The molecule has 3 heteroatoms. The molecule has 0 saturated heterocycles. The minimum absolute atomic E-state index is 0.236. The standard InChI is InChI=1S/C13H14Br2O/c14-11-6-4-10(5-7-11)12(16)13(15)8-2-1-3-9-13/h4-7H,1-3,8-9H2. The Bertz CT molecular complexity index is 377. The Morgan fingerprint density at radius 3 is 2.19 bits per heavy atom. The smallest absolute Gasteiger partial charge is 0.179 e. The van der Waals surface area contributed by atoms with Crippen molar-refractivity contribution in [2.75, 3.05) is 0 Å². The molecule has 0 aromatic heterocycles. The van der Waals surface area contributed by atoms with E-state index in [2.05, 4.69) is 31.9 Å². The maximum atomic E-state index is 12.4. The van der Waals surface area contributed by atoms with E-state index in [1.165, 1.54) is 6.42 Å². The van der Waals surface area contributed by atoms with Crippen LogP contribution in [0.2, 0.25) is 0 Å². The van der Waals surface area contributed by atoms with E-state index in [0.717, 1.165) is 35.7 Å². The first-order chi connectivity index (χ1) is 7.62. The van der Waals surface area contributed by atoms with Crippen molar-refractivity contribution in [3.8, 4) is 0 Å². The van der Waals surface area contributed by atoms with Crippen molar-refractivity contribution in [3.63, 3.8) is 0 Å². The Morgan fingerprint density at radius 2 is 1.62 bits per heavy atom. The lowest BCUT2D eigenvalue weighted by molar-refractivity contribution is 0.0923. The van der Waals surface area contributed by atoms with Gasteiger partial charge in [0.15, 0.2) is 5.78 Å². The fourth-order valence-corrected chi connectivity index (χ4v) is 3.25. The summed E-state index contributed by atoms with van der Waals surface area (Å²) >= 11 is 7.04. The van der Waals surface area contributed by atoms with Crippen molar-refractivity contribution in [1.29, 1.82) is 0 Å². The average Bonchev–Trinajstić information content (AvgIpc) is 2.30. The van der Waals surface area contributed by atoms with Gasteiger partial charge in [0.05, 0.1) is 4.32 Å². The SMILES string of the molecule is O=C(c1ccc(Br)cc1)C1(Br)CCCCC1. The third kappa shape index (κ3) is 2.57. The molecule has 1 saturated carbocycles. The molecule has 0 aliphatic heterocycles. The van der Waals surface area contributed by atoms with E-state index < -0.39 is 0 Å². The van der Waals surface area contributed by atoms with E-state index in [1.807, 2.05) is 24.3 Å². The molecule has 0 N–H and O–H groups in total. The van der Waals surface area contributed by atoms with Gasteiger partial charge in [-0.3, -0.25) is 4.79 Å². The van der Waals surface area contributed by atoms with E-state index >= 15 is 0 Å². The number of carbonyl (C=O) groups excluding carboxylic acids is 1. The van der Waals surface area contributed by atoms with Gasteiger partial charge in [0.1, 0.15) is 0 Å². The number of hydrogen-bond acceptors (Lipinski definition) is 1. The number of rotatable bonds is 2. The molecular formula is C13H14Br2O. The van der Waals surface area contributed by atoms with Gasteiger partial charge < -0.3 is 0 Å². The highest BCUT2D eigenvalue weighted by atomic mass is 79.9. The van der Waals surface area contributed by atoms with E-state index in [1.54, 1.807) is 0 Å². The summed E-state index contributed by atoms with van der Waals surface area (Å²) in [6, 6.07) is 7.63. The second kappa shape index (κ2) is 5.01. The van der Waals surface area contributed by atoms with Gasteiger partial charge >= 0.3 is 0 Å². The molecule has 86 valence electrons. The van der Waals surface area contributed by atoms with Crippen LogP contribution in [0.1, 0.15) is 42.5 Å². The van der Waals surface area contributed by atoms with E-state index in [-0.39, 0.29) is 10.1 Å². The van der Waals surface area contributed by atoms with Crippen LogP contribution < -0.4 is 0 Å². The monoisotopic (exact) mass is 344 g/mol. The lowest BCUT2D eigenvalue weighted by atomic mass is 9.83. The Labute approximate surface area is 113 Å². The van der Waals surface area contributed by atoms with E-state index in [4.69, 9.17) is 0 Å². The lowest BCUT2D eigenvalue weighted by Gasteiger charge is -2.30. The topological polar surface area (TPSA) is 17.1 Å². The predicted molar refractivity (Wildman–Crippen MR) is 73.2 cm³/mol. The van der Waals surface area contributed by atoms with Gasteiger partial charge in [-0.25, -0.2) is 0 Å². The molecule has 0 atom stereocenters. The van der Waals surface area contributed by atoms with Crippen LogP contribution in [0.4, 0.5) is 0 Å². The lowest BCUT2D eigenvalue weighted by Crippen LogP contribution is -2.34. The largest absolute Gasteiger partial charge is 0.293 e. The first-order valence-corrected chi connectivity index (χ1v) is 7.20. The van der Waals surface area contributed by atoms with Gasteiger partial charge in [0.25, 0.3) is 0 Å². The molecule has 0 amide bonds. The van der Waals surface area contributed by atoms with Crippen molar-refractivity contribution in [3.05, 3.63) is 34.3 Å². The summed E-state index contributed by atoms with van der Waals surface area (Å²) in [5.41, 5.74) is 0.807. The Morgan fingerprint density at radius 1 is 1.06 bits per heavy atom. The van der Waals surface area contributed by atoms with Crippen LogP contribution in [0.15, 0.2) is 28.7 Å². The van der Waals surface area contributed by atoms with Gasteiger partial charge in [-0.05, 0) is 25.0 Å². The summed E-state index contributed by atoms with van der Waals surface area (Å²) in [5, 5.41) is 0. The zero-order valence-corrected chi connectivity index (χ0v) is 12.2. The minimum Gasteiger partial charge on any atom is -0.293 e. The molecule has 1 fully saturated rings. The van der Waals surface area contributed by atoms with Crippen LogP contribution in [-0.4, -0.2) is 10.1 Å². The Balaban J connectivity index is 2.20. The summed E-state index contributed by atoms with van der Waals surface area (Å²) in [6.45, 7) is 0. The van der Waals surface area contributed by atoms with Gasteiger partial charge in [-0.2, -0.15) is 0 Å². The van der Waals surface area contributed by atoms with E-state index in [9.17, 15) is 4.79 Å². The van der Waals surface area contributed by atoms with Crippen LogP contribution >= 0.6 is 31.9 Å².